The summed E-state index contributed by atoms with van der Waals surface area (Å²) in [6, 6.07) is 0. The zero-order chi connectivity index (χ0) is 11.7. The van der Waals surface area contributed by atoms with Crippen molar-refractivity contribution in [1.82, 2.24) is 0 Å². The SMILES string of the molecule is CCCC[N+]1(CCOCCOC)CCCC1. The van der Waals surface area contributed by atoms with Crippen LogP contribution in [-0.2, 0) is 9.47 Å². The van der Waals surface area contributed by atoms with Gasteiger partial charge in [-0.3, -0.25) is 0 Å². The van der Waals surface area contributed by atoms with Crippen molar-refractivity contribution >= 4 is 0 Å². The predicted molar refractivity (Wildman–Crippen MR) is 66.6 cm³/mol. The second-order valence-corrected chi connectivity index (χ2v) is 4.90. The van der Waals surface area contributed by atoms with Crippen LogP contribution < -0.4 is 0 Å². The van der Waals surface area contributed by atoms with Gasteiger partial charge in [0.25, 0.3) is 0 Å². The number of hydrogen-bond acceptors (Lipinski definition) is 2. The van der Waals surface area contributed by atoms with Crippen molar-refractivity contribution in [2.75, 3.05) is 53.1 Å². The molecule has 1 saturated heterocycles. The van der Waals surface area contributed by atoms with Gasteiger partial charge >= 0.3 is 0 Å². The number of nitrogens with zero attached hydrogens (tertiary/aromatic N) is 1. The number of quaternary nitrogens is 1. The van der Waals surface area contributed by atoms with Crippen LogP contribution in [0.5, 0.6) is 0 Å². The van der Waals surface area contributed by atoms with E-state index in [9.17, 15) is 0 Å². The Balaban J connectivity index is 2.17. The predicted octanol–water partition coefficient (Wildman–Crippen LogP) is 2.06. The summed E-state index contributed by atoms with van der Waals surface area (Å²) in [6.45, 7) is 9.92. The molecule has 1 fully saturated rings. The summed E-state index contributed by atoms with van der Waals surface area (Å²) in [4.78, 5) is 0. The lowest BCUT2D eigenvalue weighted by molar-refractivity contribution is -0.917. The van der Waals surface area contributed by atoms with Crippen molar-refractivity contribution in [2.45, 2.75) is 32.6 Å². The highest BCUT2D eigenvalue weighted by atomic mass is 16.5. The van der Waals surface area contributed by atoms with E-state index in [2.05, 4.69) is 6.92 Å². The van der Waals surface area contributed by atoms with E-state index in [1.54, 1.807) is 7.11 Å². The fraction of sp³-hybridized carbons (Fsp3) is 1.00. The third kappa shape index (κ3) is 4.81. The highest BCUT2D eigenvalue weighted by Gasteiger charge is 2.30. The van der Waals surface area contributed by atoms with Gasteiger partial charge in [0.15, 0.2) is 0 Å². The summed E-state index contributed by atoms with van der Waals surface area (Å²) in [6.07, 6.45) is 5.48. The fourth-order valence-electron chi connectivity index (χ4n) is 2.56. The molecule has 3 heteroatoms. The Morgan fingerprint density at radius 2 is 1.75 bits per heavy atom. The Labute approximate surface area is 100 Å². The van der Waals surface area contributed by atoms with Gasteiger partial charge in [0.2, 0.25) is 0 Å². The van der Waals surface area contributed by atoms with Crippen LogP contribution in [-0.4, -0.2) is 57.6 Å². The number of unbranched alkanes of at least 4 members (excludes halogenated alkanes) is 1. The van der Waals surface area contributed by atoms with Crippen molar-refractivity contribution in [3.05, 3.63) is 0 Å². The van der Waals surface area contributed by atoms with Gasteiger partial charge in [-0.15, -0.1) is 0 Å². The van der Waals surface area contributed by atoms with Crippen molar-refractivity contribution in [3.8, 4) is 0 Å². The van der Waals surface area contributed by atoms with E-state index in [1.807, 2.05) is 0 Å². The first kappa shape index (κ1) is 13.9. The Hall–Kier alpha value is -0.120. The molecule has 0 aliphatic carbocycles. The molecule has 0 radical (unpaired) electrons. The van der Waals surface area contributed by atoms with Gasteiger partial charge in [0, 0.05) is 20.0 Å². The second kappa shape index (κ2) is 8.04. The maximum atomic E-state index is 5.60. The van der Waals surface area contributed by atoms with Crippen molar-refractivity contribution < 1.29 is 14.0 Å². The molecule has 1 aliphatic heterocycles. The molecule has 0 amide bonds. The fourth-order valence-corrected chi connectivity index (χ4v) is 2.56. The molecule has 0 atom stereocenters. The minimum Gasteiger partial charge on any atom is -0.382 e. The summed E-state index contributed by atoms with van der Waals surface area (Å²) in [7, 11) is 1.72. The average Bonchev–Trinajstić information content (AvgIpc) is 2.76. The van der Waals surface area contributed by atoms with E-state index >= 15 is 0 Å². The minimum absolute atomic E-state index is 0.717. The Morgan fingerprint density at radius 1 is 1.00 bits per heavy atom. The van der Waals surface area contributed by atoms with E-state index in [0.29, 0.717) is 0 Å². The Bertz CT molecular complexity index is 167. The van der Waals surface area contributed by atoms with E-state index in [-0.39, 0.29) is 0 Å². The highest BCUT2D eigenvalue weighted by Crippen LogP contribution is 2.20. The van der Waals surface area contributed by atoms with E-state index in [1.165, 1.54) is 56.3 Å². The van der Waals surface area contributed by atoms with Gasteiger partial charge in [-0.2, -0.15) is 0 Å². The van der Waals surface area contributed by atoms with Crippen LogP contribution in [0.3, 0.4) is 0 Å². The van der Waals surface area contributed by atoms with Gasteiger partial charge in [-0.05, 0) is 6.42 Å². The number of likely N-dealkylation sites (tertiary alicyclic amines) is 1. The molecule has 1 rings (SSSR count). The lowest BCUT2D eigenvalue weighted by atomic mass is 10.2. The first-order chi connectivity index (χ1) is 7.83. The topological polar surface area (TPSA) is 18.5 Å². The molecule has 3 nitrogen and oxygen atoms in total. The lowest BCUT2D eigenvalue weighted by Gasteiger charge is -2.34. The van der Waals surface area contributed by atoms with Gasteiger partial charge in [-0.1, -0.05) is 13.3 Å². The zero-order valence-corrected chi connectivity index (χ0v) is 11.0. The third-order valence-electron chi connectivity index (χ3n) is 3.64. The standard InChI is InChI=1S/C13H28NO2/c1-3-4-7-14(8-5-6-9-14)10-11-16-13-12-15-2/h3-13H2,1-2H3/q+1. The highest BCUT2D eigenvalue weighted by molar-refractivity contribution is 4.55. The van der Waals surface area contributed by atoms with Crippen LogP contribution in [0.25, 0.3) is 0 Å². The molecule has 0 saturated carbocycles. The zero-order valence-electron chi connectivity index (χ0n) is 11.0. The molecule has 0 unspecified atom stereocenters. The summed E-state index contributed by atoms with van der Waals surface area (Å²) in [5.74, 6) is 0. The maximum Gasteiger partial charge on any atom is 0.102 e. The Kier molecular flexibility index (Phi) is 7.01. The molecular formula is C13H28NO2+. The normalized spacial score (nSPS) is 19.1. The van der Waals surface area contributed by atoms with Crippen LogP contribution in [0.15, 0.2) is 0 Å². The second-order valence-electron chi connectivity index (χ2n) is 4.90. The molecule has 0 N–H and O–H groups in total. The lowest BCUT2D eigenvalue weighted by Crippen LogP contribution is -2.48. The molecule has 0 aromatic rings. The molecule has 0 spiro atoms. The molecule has 1 aliphatic rings. The summed E-state index contributed by atoms with van der Waals surface area (Å²) >= 11 is 0. The smallest absolute Gasteiger partial charge is 0.102 e. The van der Waals surface area contributed by atoms with Crippen LogP contribution in [0.2, 0.25) is 0 Å². The molecule has 0 bridgehead atoms. The first-order valence-electron chi connectivity index (χ1n) is 6.75. The Morgan fingerprint density at radius 3 is 2.38 bits per heavy atom. The molecule has 1 heterocycles. The van der Waals surface area contributed by atoms with Crippen LogP contribution >= 0.6 is 0 Å². The van der Waals surface area contributed by atoms with Crippen LogP contribution in [0.1, 0.15) is 32.6 Å². The van der Waals surface area contributed by atoms with Gasteiger partial charge in [0.1, 0.15) is 6.54 Å². The van der Waals surface area contributed by atoms with E-state index < -0.39 is 0 Å². The first-order valence-corrected chi connectivity index (χ1v) is 6.75. The quantitative estimate of drug-likeness (QED) is 0.446. The molecule has 16 heavy (non-hydrogen) atoms. The largest absolute Gasteiger partial charge is 0.382 e. The number of rotatable bonds is 9. The van der Waals surface area contributed by atoms with Gasteiger partial charge in [-0.25, -0.2) is 0 Å². The van der Waals surface area contributed by atoms with Crippen LogP contribution in [0.4, 0.5) is 0 Å². The van der Waals surface area contributed by atoms with Crippen molar-refractivity contribution in [2.24, 2.45) is 0 Å². The van der Waals surface area contributed by atoms with Gasteiger partial charge < -0.3 is 14.0 Å². The number of methoxy groups -OCH3 is 1. The van der Waals surface area contributed by atoms with E-state index in [0.717, 1.165) is 19.8 Å². The third-order valence-corrected chi connectivity index (χ3v) is 3.64. The molecule has 96 valence electrons. The van der Waals surface area contributed by atoms with Gasteiger partial charge in [0.05, 0.1) is 39.5 Å². The van der Waals surface area contributed by atoms with Crippen molar-refractivity contribution in [1.29, 1.82) is 0 Å². The van der Waals surface area contributed by atoms with Crippen molar-refractivity contribution in [3.63, 3.8) is 0 Å². The maximum absolute atomic E-state index is 5.60. The van der Waals surface area contributed by atoms with E-state index in [4.69, 9.17) is 9.47 Å². The minimum atomic E-state index is 0.717. The number of ether oxygens (including phenoxy) is 2. The molecule has 0 aromatic heterocycles. The van der Waals surface area contributed by atoms with Crippen LogP contribution in [0, 0.1) is 0 Å². The summed E-state index contributed by atoms with van der Waals surface area (Å²) in [5.41, 5.74) is 0. The molecule has 0 aromatic carbocycles. The number of hydrogen-bond donors (Lipinski definition) is 0. The summed E-state index contributed by atoms with van der Waals surface area (Å²) in [5, 5.41) is 0. The monoisotopic (exact) mass is 230 g/mol. The molecular weight excluding hydrogens is 202 g/mol. The summed E-state index contributed by atoms with van der Waals surface area (Å²) < 4.78 is 11.9. The average molecular weight is 230 g/mol.